The first-order valence-electron chi connectivity index (χ1n) is 18.4. The molecule has 10 aromatic rings. The van der Waals surface area contributed by atoms with Crippen molar-refractivity contribution in [2.24, 2.45) is 0 Å². The van der Waals surface area contributed by atoms with Crippen molar-refractivity contribution in [3.63, 3.8) is 0 Å². The molecule has 10 rings (SSSR count). The molecule has 0 saturated carbocycles. The van der Waals surface area contributed by atoms with Gasteiger partial charge in [-0.25, -0.2) is 0 Å². The van der Waals surface area contributed by atoms with Gasteiger partial charge in [-0.1, -0.05) is 176 Å². The Kier molecular flexibility index (Phi) is 7.85. The lowest BCUT2D eigenvalue weighted by molar-refractivity contribution is 0.673. The van der Waals surface area contributed by atoms with Gasteiger partial charge in [0, 0.05) is 27.5 Å². The standard InChI is InChI=1S/C52H35NO/c1-4-13-36(14-5-1)39-23-25-42(26-24-39)48-35-49-47-21-12-22-50(52(47)54-51(49)46-20-11-10-19-45(46)48)53(43-31-27-40(28-32-43)37-15-6-2-7-16-37)44-33-29-41(30-34-44)38-17-8-3-9-18-38/h1-35H. The number of nitrogens with zero attached hydrogens (tertiary/aromatic N) is 1. The fourth-order valence-electron chi connectivity index (χ4n) is 7.79. The Bertz CT molecular complexity index is 2790. The first-order chi connectivity index (χ1) is 26.8. The van der Waals surface area contributed by atoms with E-state index in [1.54, 1.807) is 0 Å². The fourth-order valence-corrected chi connectivity index (χ4v) is 7.79. The van der Waals surface area contributed by atoms with Crippen LogP contribution < -0.4 is 4.90 Å². The summed E-state index contributed by atoms with van der Waals surface area (Å²) >= 11 is 0. The Balaban J connectivity index is 1.14. The highest BCUT2D eigenvalue weighted by atomic mass is 16.3. The Morgan fingerprint density at radius 3 is 1.19 bits per heavy atom. The van der Waals surface area contributed by atoms with E-state index in [2.05, 4.69) is 217 Å². The van der Waals surface area contributed by atoms with E-state index in [1.165, 1.54) is 49.9 Å². The third kappa shape index (κ3) is 5.62. The van der Waals surface area contributed by atoms with Crippen molar-refractivity contribution < 1.29 is 4.42 Å². The van der Waals surface area contributed by atoms with Gasteiger partial charge in [0.1, 0.15) is 5.58 Å². The molecule has 1 heterocycles. The van der Waals surface area contributed by atoms with Gasteiger partial charge < -0.3 is 9.32 Å². The Morgan fingerprint density at radius 2 is 0.667 bits per heavy atom. The summed E-state index contributed by atoms with van der Waals surface area (Å²) in [7, 11) is 0. The van der Waals surface area contributed by atoms with E-state index in [0.717, 1.165) is 44.4 Å². The van der Waals surface area contributed by atoms with E-state index in [1.807, 2.05) is 0 Å². The van der Waals surface area contributed by atoms with Crippen LogP contribution >= 0.6 is 0 Å². The molecule has 0 aliphatic carbocycles. The zero-order valence-corrected chi connectivity index (χ0v) is 29.6. The number of anilines is 3. The summed E-state index contributed by atoms with van der Waals surface area (Å²) in [6.07, 6.45) is 0. The molecule has 2 heteroatoms. The quantitative estimate of drug-likeness (QED) is 0.166. The molecule has 1 aromatic heterocycles. The second-order valence-electron chi connectivity index (χ2n) is 13.7. The third-order valence-corrected chi connectivity index (χ3v) is 10.5. The second-order valence-corrected chi connectivity index (χ2v) is 13.7. The maximum absolute atomic E-state index is 7.03. The summed E-state index contributed by atoms with van der Waals surface area (Å²) in [5.74, 6) is 0. The van der Waals surface area contributed by atoms with Crippen LogP contribution in [0.2, 0.25) is 0 Å². The number of hydrogen-bond acceptors (Lipinski definition) is 2. The highest BCUT2D eigenvalue weighted by molar-refractivity contribution is 6.21. The molecule has 0 spiro atoms. The molecule has 0 saturated heterocycles. The van der Waals surface area contributed by atoms with E-state index in [-0.39, 0.29) is 0 Å². The lowest BCUT2D eigenvalue weighted by atomic mass is 9.94. The van der Waals surface area contributed by atoms with Crippen molar-refractivity contribution in [2.45, 2.75) is 0 Å². The van der Waals surface area contributed by atoms with Gasteiger partial charge in [-0.3, -0.25) is 0 Å². The number of benzene rings is 9. The minimum Gasteiger partial charge on any atom is -0.453 e. The molecule has 254 valence electrons. The van der Waals surface area contributed by atoms with Gasteiger partial charge >= 0.3 is 0 Å². The Labute approximate surface area is 314 Å². The molecule has 0 radical (unpaired) electrons. The van der Waals surface area contributed by atoms with Crippen LogP contribution in [0.3, 0.4) is 0 Å². The normalized spacial score (nSPS) is 11.3. The summed E-state index contributed by atoms with van der Waals surface area (Å²) in [6, 6.07) is 75.6. The van der Waals surface area contributed by atoms with Gasteiger partial charge in [0.25, 0.3) is 0 Å². The number of fused-ring (bicyclic) bond motifs is 5. The number of rotatable bonds is 7. The average Bonchev–Trinajstić information content (AvgIpc) is 3.65. The van der Waals surface area contributed by atoms with E-state index < -0.39 is 0 Å². The molecular weight excluding hydrogens is 655 g/mol. The van der Waals surface area contributed by atoms with Crippen LogP contribution in [-0.4, -0.2) is 0 Å². The summed E-state index contributed by atoms with van der Waals surface area (Å²) in [4.78, 5) is 2.32. The molecule has 0 aliphatic rings. The van der Waals surface area contributed by atoms with Crippen molar-refractivity contribution in [3.8, 4) is 44.5 Å². The number of para-hydroxylation sites is 1. The third-order valence-electron chi connectivity index (χ3n) is 10.5. The summed E-state index contributed by atoms with van der Waals surface area (Å²) < 4.78 is 7.03. The summed E-state index contributed by atoms with van der Waals surface area (Å²) in [5, 5.41) is 4.46. The number of furan rings is 1. The molecule has 54 heavy (non-hydrogen) atoms. The molecule has 0 N–H and O–H groups in total. The summed E-state index contributed by atoms with van der Waals surface area (Å²) in [6.45, 7) is 0. The Morgan fingerprint density at radius 1 is 0.278 bits per heavy atom. The Hall–Kier alpha value is -7.16. The van der Waals surface area contributed by atoms with Crippen LogP contribution in [-0.2, 0) is 0 Å². The van der Waals surface area contributed by atoms with Gasteiger partial charge in [0.15, 0.2) is 5.58 Å². The van der Waals surface area contributed by atoms with Crippen LogP contribution in [0.15, 0.2) is 217 Å². The highest BCUT2D eigenvalue weighted by Gasteiger charge is 2.22. The number of hydrogen-bond donors (Lipinski definition) is 0. The van der Waals surface area contributed by atoms with Crippen LogP contribution in [0.25, 0.3) is 77.2 Å². The van der Waals surface area contributed by atoms with Crippen molar-refractivity contribution in [1.29, 1.82) is 0 Å². The molecule has 9 aromatic carbocycles. The van der Waals surface area contributed by atoms with Crippen molar-refractivity contribution in [2.75, 3.05) is 4.90 Å². The topological polar surface area (TPSA) is 16.4 Å². The molecule has 0 atom stereocenters. The largest absolute Gasteiger partial charge is 0.453 e. The van der Waals surface area contributed by atoms with Crippen LogP contribution in [0.1, 0.15) is 0 Å². The maximum Gasteiger partial charge on any atom is 0.159 e. The van der Waals surface area contributed by atoms with E-state index in [0.29, 0.717) is 0 Å². The average molecular weight is 690 g/mol. The van der Waals surface area contributed by atoms with Gasteiger partial charge in [0.05, 0.1) is 5.69 Å². The lowest BCUT2D eigenvalue weighted by Crippen LogP contribution is -2.10. The van der Waals surface area contributed by atoms with Gasteiger partial charge in [0.2, 0.25) is 0 Å². The first kappa shape index (κ1) is 31.6. The van der Waals surface area contributed by atoms with Crippen LogP contribution in [0, 0.1) is 0 Å². The highest BCUT2D eigenvalue weighted by Crippen LogP contribution is 2.46. The summed E-state index contributed by atoms with van der Waals surface area (Å²) in [5.41, 5.74) is 14.4. The minimum atomic E-state index is 0.855. The van der Waals surface area contributed by atoms with Gasteiger partial charge in [-0.05, 0) is 86.3 Å². The molecule has 0 fully saturated rings. The zero-order valence-electron chi connectivity index (χ0n) is 29.6. The fraction of sp³-hybridized carbons (Fsp3) is 0. The van der Waals surface area contributed by atoms with E-state index in [4.69, 9.17) is 4.42 Å². The molecule has 0 bridgehead atoms. The van der Waals surface area contributed by atoms with Gasteiger partial charge in [-0.2, -0.15) is 0 Å². The SMILES string of the molecule is c1ccc(-c2ccc(-c3cc4c5cccc(N(c6ccc(-c7ccccc7)cc6)c6ccc(-c7ccccc7)cc6)c5oc4c4ccccc34)cc2)cc1. The van der Waals surface area contributed by atoms with Crippen molar-refractivity contribution in [3.05, 3.63) is 212 Å². The molecule has 0 aliphatic heterocycles. The molecular formula is C52H35NO. The zero-order chi connectivity index (χ0) is 35.8. The minimum absolute atomic E-state index is 0.855. The van der Waals surface area contributed by atoms with E-state index >= 15 is 0 Å². The predicted octanol–water partition coefficient (Wildman–Crippen LogP) is 14.9. The van der Waals surface area contributed by atoms with Crippen molar-refractivity contribution in [1.82, 2.24) is 0 Å². The monoisotopic (exact) mass is 689 g/mol. The predicted molar refractivity (Wildman–Crippen MR) is 228 cm³/mol. The second kappa shape index (κ2) is 13.4. The van der Waals surface area contributed by atoms with Gasteiger partial charge in [-0.15, -0.1) is 0 Å². The van der Waals surface area contributed by atoms with E-state index in [9.17, 15) is 0 Å². The molecule has 0 unspecified atom stereocenters. The maximum atomic E-state index is 7.03. The lowest BCUT2D eigenvalue weighted by Gasteiger charge is -2.26. The van der Waals surface area contributed by atoms with Crippen LogP contribution in [0.5, 0.6) is 0 Å². The smallest absolute Gasteiger partial charge is 0.159 e. The first-order valence-corrected chi connectivity index (χ1v) is 18.4. The van der Waals surface area contributed by atoms with Crippen LogP contribution in [0.4, 0.5) is 17.1 Å². The van der Waals surface area contributed by atoms with Crippen molar-refractivity contribution >= 4 is 49.8 Å². The molecule has 0 amide bonds. The molecule has 2 nitrogen and oxygen atoms in total.